The lowest BCUT2D eigenvalue weighted by molar-refractivity contribution is -0.379. The standard InChI is InChI=1S/C33H54O15/c1-18-24(37-3)28(39-5)26(22(44-18)17-43-15-19-12-10-9-11-13-19)48-33-31(42-8)29(40-6)25(21(46-33)16-36-2)47-32-30(41-7)27(38-4)23(35)20(14-34)45-32/h9-13,18,20-35H,14-17H2,1-8H3/t18-,20-,21-,22?,23+,24?,25+,26+,27?,28+,29?,30?,31?,32+,33-/m0/s1. The van der Waals surface area contributed by atoms with E-state index in [1.54, 1.807) is 14.2 Å². The SMILES string of the molecule is COC[C@@H]1O[C@@H](O[C@@H]2C(COCc3ccccc3)O[C@@H](C)C(OC)[C@H]2OC)C(OC)C(OC)[C@@H]1O[C@H]1O[C@@H](CO)[C@@H](O)C(OC)C1OC. The van der Waals surface area contributed by atoms with E-state index in [4.69, 9.17) is 61.6 Å². The van der Waals surface area contributed by atoms with Crippen molar-refractivity contribution < 1.29 is 71.8 Å². The van der Waals surface area contributed by atoms with Gasteiger partial charge in [-0.15, -0.1) is 0 Å². The molecule has 0 spiro atoms. The van der Waals surface area contributed by atoms with E-state index in [2.05, 4.69) is 0 Å². The zero-order chi connectivity index (χ0) is 34.8. The molecule has 48 heavy (non-hydrogen) atoms. The van der Waals surface area contributed by atoms with E-state index >= 15 is 0 Å². The molecule has 3 heterocycles. The largest absolute Gasteiger partial charge is 0.394 e. The molecular weight excluding hydrogens is 636 g/mol. The topological polar surface area (TPSA) is 160 Å². The van der Waals surface area contributed by atoms with Crippen molar-refractivity contribution in [3.63, 3.8) is 0 Å². The normalized spacial score (nSPS) is 40.6. The molecule has 0 saturated carbocycles. The van der Waals surface area contributed by atoms with Crippen molar-refractivity contribution in [2.75, 3.05) is 69.6 Å². The molecule has 15 nitrogen and oxygen atoms in total. The van der Waals surface area contributed by atoms with Gasteiger partial charge in [-0.2, -0.15) is 0 Å². The Balaban J connectivity index is 1.58. The number of aliphatic hydroxyl groups is 2. The Morgan fingerprint density at radius 2 is 1.08 bits per heavy atom. The number of hydrogen-bond acceptors (Lipinski definition) is 15. The van der Waals surface area contributed by atoms with E-state index in [0.717, 1.165) is 5.56 Å². The highest BCUT2D eigenvalue weighted by Gasteiger charge is 2.55. The van der Waals surface area contributed by atoms with Gasteiger partial charge in [-0.1, -0.05) is 30.3 Å². The minimum absolute atomic E-state index is 0.0845. The number of benzene rings is 1. The average Bonchev–Trinajstić information content (AvgIpc) is 3.10. The van der Waals surface area contributed by atoms with Crippen LogP contribution in [0.4, 0.5) is 0 Å². The van der Waals surface area contributed by atoms with Crippen molar-refractivity contribution in [2.45, 2.75) is 105 Å². The lowest BCUT2D eigenvalue weighted by atomic mass is 9.94. The van der Waals surface area contributed by atoms with Crippen LogP contribution in [0.1, 0.15) is 12.5 Å². The molecule has 1 aromatic carbocycles. The van der Waals surface area contributed by atoms with Gasteiger partial charge in [0.15, 0.2) is 12.6 Å². The molecule has 0 amide bonds. The Bertz CT molecular complexity index is 1040. The first-order valence-electron chi connectivity index (χ1n) is 16.1. The lowest BCUT2D eigenvalue weighted by Crippen LogP contribution is -2.67. The van der Waals surface area contributed by atoms with E-state index in [1.807, 2.05) is 37.3 Å². The molecule has 3 saturated heterocycles. The van der Waals surface area contributed by atoms with E-state index in [0.29, 0.717) is 6.61 Å². The van der Waals surface area contributed by atoms with Crippen LogP contribution < -0.4 is 0 Å². The summed E-state index contributed by atoms with van der Waals surface area (Å²) in [7, 11) is 10.7. The second-order valence-electron chi connectivity index (χ2n) is 12.0. The van der Waals surface area contributed by atoms with Gasteiger partial charge in [0.25, 0.3) is 0 Å². The number of hydrogen-bond donors (Lipinski definition) is 2. The summed E-state index contributed by atoms with van der Waals surface area (Å²) >= 11 is 0. The van der Waals surface area contributed by atoms with Crippen LogP contribution in [0.3, 0.4) is 0 Å². The number of methoxy groups -OCH3 is 7. The molecule has 0 aliphatic carbocycles. The van der Waals surface area contributed by atoms with Gasteiger partial charge in [-0.3, -0.25) is 0 Å². The van der Waals surface area contributed by atoms with Crippen molar-refractivity contribution >= 4 is 0 Å². The highest BCUT2D eigenvalue weighted by atomic mass is 16.8. The minimum Gasteiger partial charge on any atom is -0.394 e. The van der Waals surface area contributed by atoms with Crippen molar-refractivity contribution in [1.29, 1.82) is 0 Å². The summed E-state index contributed by atoms with van der Waals surface area (Å²) in [4.78, 5) is 0. The van der Waals surface area contributed by atoms with Gasteiger partial charge in [-0.05, 0) is 12.5 Å². The molecule has 276 valence electrons. The van der Waals surface area contributed by atoms with Gasteiger partial charge in [0.2, 0.25) is 0 Å². The van der Waals surface area contributed by atoms with Crippen LogP contribution in [0.5, 0.6) is 0 Å². The zero-order valence-electron chi connectivity index (χ0n) is 29.1. The van der Waals surface area contributed by atoms with Gasteiger partial charge in [0.05, 0.1) is 32.5 Å². The molecule has 3 fully saturated rings. The van der Waals surface area contributed by atoms with Gasteiger partial charge in [0, 0.05) is 49.8 Å². The third kappa shape index (κ3) is 8.91. The molecule has 0 radical (unpaired) electrons. The van der Waals surface area contributed by atoms with Crippen LogP contribution in [0.2, 0.25) is 0 Å². The van der Waals surface area contributed by atoms with Crippen LogP contribution in [-0.2, 0) is 68.2 Å². The molecule has 0 aromatic heterocycles. The molecule has 6 unspecified atom stereocenters. The quantitative estimate of drug-likeness (QED) is 0.230. The van der Waals surface area contributed by atoms with E-state index in [9.17, 15) is 10.2 Å². The summed E-state index contributed by atoms with van der Waals surface area (Å²) in [6.07, 6.45) is -11.7. The monoisotopic (exact) mass is 690 g/mol. The maximum Gasteiger partial charge on any atom is 0.187 e. The fourth-order valence-corrected chi connectivity index (χ4v) is 6.80. The van der Waals surface area contributed by atoms with Crippen LogP contribution in [0, 0.1) is 0 Å². The average molecular weight is 691 g/mol. The Kier molecular flexibility index (Phi) is 15.8. The predicted octanol–water partition coefficient (Wildman–Crippen LogP) is 0.300. The number of rotatable bonds is 17. The van der Waals surface area contributed by atoms with E-state index in [-0.39, 0.29) is 19.3 Å². The number of aliphatic hydroxyl groups excluding tert-OH is 2. The summed E-state index contributed by atoms with van der Waals surface area (Å²) in [6, 6.07) is 9.85. The van der Waals surface area contributed by atoms with Crippen molar-refractivity contribution in [3.05, 3.63) is 35.9 Å². The van der Waals surface area contributed by atoms with Crippen molar-refractivity contribution in [1.82, 2.24) is 0 Å². The third-order valence-electron chi connectivity index (χ3n) is 9.20. The summed E-state index contributed by atoms with van der Waals surface area (Å²) in [5.74, 6) is 0. The van der Waals surface area contributed by atoms with Crippen LogP contribution in [-0.4, -0.2) is 172 Å². The maximum atomic E-state index is 10.7. The molecule has 1 aromatic rings. The highest BCUT2D eigenvalue weighted by Crippen LogP contribution is 2.36. The molecule has 3 aliphatic rings. The second kappa shape index (κ2) is 19.3. The molecule has 15 heteroatoms. The lowest BCUT2D eigenvalue weighted by Gasteiger charge is -2.50. The molecule has 0 bridgehead atoms. The molecule has 3 aliphatic heterocycles. The molecule has 2 N–H and O–H groups in total. The van der Waals surface area contributed by atoms with E-state index in [1.165, 1.54) is 35.5 Å². The minimum atomic E-state index is -1.15. The smallest absolute Gasteiger partial charge is 0.187 e. The fourth-order valence-electron chi connectivity index (χ4n) is 6.80. The molecular formula is C33H54O15. The van der Waals surface area contributed by atoms with Crippen LogP contribution in [0.25, 0.3) is 0 Å². The Hall–Kier alpha value is -1.38. The summed E-state index contributed by atoms with van der Waals surface area (Å²) in [5, 5.41) is 20.6. The number of ether oxygens (including phenoxy) is 13. The zero-order valence-corrected chi connectivity index (χ0v) is 29.1. The molecule has 15 atom stereocenters. The first-order valence-corrected chi connectivity index (χ1v) is 16.1. The fraction of sp³-hybridized carbons (Fsp3) is 0.818. The predicted molar refractivity (Wildman–Crippen MR) is 167 cm³/mol. The second-order valence-corrected chi connectivity index (χ2v) is 12.0. The summed E-state index contributed by atoms with van der Waals surface area (Å²) in [5.41, 5.74) is 1.03. The summed E-state index contributed by atoms with van der Waals surface area (Å²) < 4.78 is 78.6. The first-order chi connectivity index (χ1) is 23.3. The van der Waals surface area contributed by atoms with Crippen molar-refractivity contribution in [3.8, 4) is 0 Å². The highest BCUT2D eigenvalue weighted by molar-refractivity contribution is 5.13. The molecule has 4 rings (SSSR count). The van der Waals surface area contributed by atoms with Gasteiger partial charge in [-0.25, -0.2) is 0 Å². The van der Waals surface area contributed by atoms with Gasteiger partial charge >= 0.3 is 0 Å². The third-order valence-corrected chi connectivity index (χ3v) is 9.20. The Morgan fingerprint density at radius 1 is 0.583 bits per heavy atom. The van der Waals surface area contributed by atoms with Crippen LogP contribution in [0.15, 0.2) is 30.3 Å². The van der Waals surface area contributed by atoms with Crippen molar-refractivity contribution in [2.24, 2.45) is 0 Å². The van der Waals surface area contributed by atoms with Gasteiger partial charge < -0.3 is 71.8 Å². The van der Waals surface area contributed by atoms with Crippen LogP contribution >= 0.6 is 0 Å². The van der Waals surface area contributed by atoms with Gasteiger partial charge in [0.1, 0.15) is 73.2 Å². The summed E-state index contributed by atoms with van der Waals surface area (Å²) in [6.45, 7) is 2.13. The first kappa shape index (κ1) is 39.4. The van der Waals surface area contributed by atoms with E-state index < -0.39 is 92.4 Å². The Labute approximate surface area is 282 Å². The Morgan fingerprint density at radius 3 is 1.60 bits per heavy atom. The maximum absolute atomic E-state index is 10.7.